The number of aliphatic hydroxyl groups is 1. The number of phosphoric ester groups is 1. The van der Waals surface area contributed by atoms with Crippen LogP contribution < -0.4 is 5.32 Å². The average Bonchev–Trinajstić information content (AvgIpc) is 3.56. The van der Waals surface area contributed by atoms with Crippen LogP contribution in [0.15, 0.2) is 122 Å². The number of amides is 1. The molecule has 84 heavy (non-hydrogen) atoms. The molecule has 8 nitrogen and oxygen atoms in total. The third-order valence-corrected chi connectivity index (χ3v) is 16.1. The molecule has 0 aliphatic heterocycles. The molecule has 3 unspecified atom stereocenters. The number of nitrogens with one attached hydrogen (secondary N) is 1. The molecule has 0 aliphatic rings. The Balaban J connectivity index is 4.09. The fraction of sp³-hybridized carbons (Fsp3) is 0.720. The Morgan fingerprint density at radius 1 is 0.417 bits per heavy atom. The third-order valence-electron chi connectivity index (χ3n) is 15.1. The van der Waals surface area contributed by atoms with E-state index in [4.69, 9.17) is 9.05 Å². The quantitative estimate of drug-likeness (QED) is 0.0243. The standard InChI is InChI=1S/C75H133N2O6P/c1-6-8-10-12-14-16-18-20-22-24-26-28-30-31-32-33-34-35-36-37-38-39-40-41-42-43-44-45-47-49-51-53-55-57-59-61-63-65-67-69-75(79)76-73(72-83-84(80,81)82-71-70-77(3,4)5)74(78)68-66-64-62-60-58-56-54-52-50-48-46-29-27-25-23-21-19-17-15-13-11-9-7-2/h8,10,14,16,20,22,26,28,31-32,34-35,37-38,50,52,58,60,66,68,73-74,78H,6-7,9,11-13,15,17-19,21,23-25,27,29-30,33,36,39-49,51,53-57,59,61-65,67,69-72H2,1-5H3,(H-,76,79,80,81)/p+1/b10-8-,16-14-,22-20-,28-26-,32-31-,35-34-,38-37-,52-50+,60-58+,68-66+. The summed E-state index contributed by atoms with van der Waals surface area (Å²) >= 11 is 0. The molecule has 0 aromatic rings. The van der Waals surface area contributed by atoms with Crippen LogP contribution in [0, 0.1) is 0 Å². The number of aliphatic hydroxyl groups excluding tert-OH is 1. The smallest absolute Gasteiger partial charge is 0.387 e. The highest BCUT2D eigenvalue weighted by atomic mass is 31.2. The van der Waals surface area contributed by atoms with Gasteiger partial charge in [-0.3, -0.25) is 13.8 Å². The second-order valence-corrected chi connectivity index (χ2v) is 26.0. The number of unbranched alkanes of at least 4 members (excludes halogenated alkanes) is 32. The molecule has 0 spiro atoms. The Labute approximate surface area is 520 Å². The van der Waals surface area contributed by atoms with E-state index in [-0.39, 0.29) is 19.1 Å². The van der Waals surface area contributed by atoms with Crippen molar-refractivity contribution >= 4 is 13.7 Å². The minimum atomic E-state index is -4.37. The highest BCUT2D eigenvalue weighted by Gasteiger charge is 2.28. The molecule has 9 heteroatoms. The zero-order valence-corrected chi connectivity index (χ0v) is 56.3. The second-order valence-electron chi connectivity index (χ2n) is 24.5. The molecule has 0 aromatic carbocycles. The first-order valence-corrected chi connectivity index (χ1v) is 36.4. The van der Waals surface area contributed by atoms with Gasteiger partial charge in [-0.05, 0) is 103 Å². The van der Waals surface area contributed by atoms with Crippen molar-refractivity contribution in [2.45, 2.75) is 309 Å². The largest absolute Gasteiger partial charge is 0.472 e. The zero-order valence-electron chi connectivity index (χ0n) is 55.4. The number of quaternary nitrogens is 1. The predicted octanol–water partition coefficient (Wildman–Crippen LogP) is 22.4. The van der Waals surface area contributed by atoms with E-state index in [0.29, 0.717) is 17.4 Å². The number of allylic oxidation sites excluding steroid dienone is 19. The molecule has 0 bridgehead atoms. The van der Waals surface area contributed by atoms with Crippen molar-refractivity contribution in [3.63, 3.8) is 0 Å². The summed E-state index contributed by atoms with van der Waals surface area (Å²) in [7, 11) is 1.54. The van der Waals surface area contributed by atoms with Crippen LogP contribution in [-0.2, 0) is 18.4 Å². The minimum Gasteiger partial charge on any atom is -0.387 e. The van der Waals surface area contributed by atoms with Crippen LogP contribution in [0.3, 0.4) is 0 Å². The summed E-state index contributed by atoms with van der Waals surface area (Å²) in [4.78, 5) is 23.4. The molecule has 0 saturated heterocycles. The molecule has 484 valence electrons. The Morgan fingerprint density at radius 2 is 0.726 bits per heavy atom. The molecule has 0 aromatic heterocycles. The maximum atomic E-state index is 13.0. The van der Waals surface area contributed by atoms with Gasteiger partial charge in [0.15, 0.2) is 0 Å². The Hall–Kier alpha value is -3.10. The highest BCUT2D eigenvalue weighted by Crippen LogP contribution is 2.43. The molecule has 1 amide bonds. The van der Waals surface area contributed by atoms with Gasteiger partial charge in [-0.1, -0.05) is 309 Å². The lowest BCUT2D eigenvalue weighted by molar-refractivity contribution is -0.870. The lowest BCUT2D eigenvalue weighted by atomic mass is 10.0. The lowest BCUT2D eigenvalue weighted by Crippen LogP contribution is -2.45. The first-order valence-electron chi connectivity index (χ1n) is 34.9. The molecule has 0 heterocycles. The van der Waals surface area contributed by atoms with Crippen LogP contribution >= 0.6 is 7.82 Å². The normalized spacial score (nSPS) is 14.4. The summed E-state index contributed by atoms with van der Waals surface area (Å²) in [5.41, 5.74) is 0. The van der Waals surface area contributed by atoms with Gasteiger partial charge in [-0.2, -0.15) is 0 Å². The number of carbonyl (C=O) groups excluding carboxylic acids is 1. The molecule has 0 saturated carbocycles. The predicted molar refractivity (Wildman–Crippen MR) is 368 cm³/mol. The summed E-state index contributed by atoms with van der Waals surface area (Å²) < 4.78 is 23.8. The van der Waals surface area contributed by atoms with Crippen molar-refractivity contribution in [3.8, 4) is 0 Å². The number of likely N-dealkylation sites (N-methyl/N-ethyl adjacent to an activating group) is 1. The molecular weight excluding hydrogens is 1060 g/mol. The van der Waals surface area contributed by atoms with Gasteiger partial charge >= 0.3 is 7.82 Å². The Bertz CT molecular complexity index is 1780. The van der Waals surface area contributed by atoms with Gasteiger partial charge in [0.25, 0.3) is 0 Å². The zero-order chi connectivity index (χ0) is 61.2. The summed E-state index contributed by atoms with van der Waals surface area (Å²) in [6.45, 7) is 4.69. The first-order chi connectivity index (χ1) is 41.0. The van der Waals surface area contributed by atoms with Crippen LogP contribution in [0.5, 0.6) is 0 Å². The van der Waals surface area contributed by atoms with E-state index < -0.39 is 20.0 Å². The van der Waals surface area contributed by atoms with Crippen LogP contribution in [0.2, 0.25) is 0 Å². The second kappa shape index (κ2) is 64.4. The van der Waals surface area contributed by atoms with Crippen molar-refractivity contribution in [1.82, 2.24) is 5.32 Å². The van der Waals surface area contributed by atoms with Crippen molar-refractivity contribution < 1.29 is 32.9 Å². The van der Waals surface area contributed by atoms with E-state index in [1.165, 1.54) is 186 Å². The fourth-order valence-corrected chi connectivity index (χ4v) is 10.5. The molecular formula is C75H134N2O6P+. The van der Waals surface area contributed by atoms with Gasteiger partial charge in [0.1, 0.15) is 13.2 Å². The number of carbonyl (C=O) groups is 1. The number of phosphoric acid groups is 1. The highest BCUT2D eigenvalue weighted by molar-refractivity contribution is 7.47. The Kier molecular flexibility index (Phi) is 62.0. The van der Waals surface area contributed by atoms with Crippen molar-refractivity contribution in [3.05, 3.63) is 122 Å². The summed E-state index contributed by atoms with van der Waals surface area (Å²) in [6.07, 6.45) is 96.3. The third kappa shape index (κ3) is 66.4. The number of hydrogen-bond acceptors (Lipinski definition) is 5. The summed E-state index contributed by atoms with van der Waals surface area (Å²) in [5.74, 6) is -0.191. The molecule has 0 aliphatic carbocycles. The fourth-order valence-electron chi connectivity index (χ4n) is 9.76. The van der Waals surface area contributed by atoms with Crippen LogP contribution in [0.4, 0.5) is 0 Å². The van der Waals surface area contributed by atoms with Crippen molar-refractivity contribution in [2.24, 2.45) is 0 Å². The average molecular weight is 1190 g/mol. The SMILES string of the molecule is CC/C=C\C/C=C\C/C=C\C/C=C\C/C=C\C/C=C\C/C=C\CCCCCCCCCCCCCCCCCCCC(=O)NC(COP(=O)(O)OCC[N+](C)(C)C)C(O)/C=C/CC/C=C/CC/C=C/CCCCCCCCCCCCCCC. The van der Waals surface area contributed by atoms with E-state index >= 15 is 0 Å². The van der Waals surface area contributed by atoms with Gasteiger partial charge in [-0.25, -0.2) is 4.57 Å². The van der Waals surface area contributed by atoms with Gasteiger partial charge in [-0.15, -0.1) is 0 Å². The van der Waals surface area contributed by atoms with Crippen molar-refractivity contribution in [1.29, 1.82) is 0 Å². The first kappa shape index (κ1) is 80.9. The lowest BCUT2D eigenvalue weighted by Gasteiger charge is -2.25. The maximum absolute atomic E-state index is 13.0. The molecule has 0 radical (unpaired) electrons. The van der Waals surface area contributed by atoms with E-state index in [1.54, 1.807) is 6.08 Å². The molecule has 3 atom stereocenters. The van der Waals surface area contributed by atoms with E-state index in [2.05, 4.69) is 129 Å². The van der Waals surface area contributed by atoms with Crippen molar-refractivity contribution in [2.75, 3.05) is 40.9 Å². The van der Waals surface area contributed by atoms with Gasteiger partial charge < -0.3 is 19.8 Å². The maximum Gasteiger partial charge on any atom is 0.472 e. The summed E-state index contributed by atoms with van der Waals surface area (Å²) in [6, 6.07) is -0.877. The topological polar surface area (TPSA) is 105 Å². The number of hydrogen-bond donors (Lipinski definition) is 3. The Morgan fingerprint density at radius 3 is 1.10 bits per heavy atom. The molecule has 0 fully saturated rings. The summed E-state index contributed by atoms with van der Waals surface area (Å²) in [5, 5.41) is 14.0. The monoisotopic (exact) mass is 1190 g/mol. The molecule has 0 rings (SSSR count). The van der Waals surface area contributed by atoms with Crippen LogP contribution in [0.1, 0.15) is 296 Å². The van der Waals surface area contributed by atoms with E-state index in [0.717, 1.165) is 89.9 Å². The van der Waals surface area contributed by atoms with Gasteiger partial charge in [0, 0.05) is 6.42 Å². The van der Waals surface area contributed by atoms with E-state index in [9.17, 15) is 19.4 Å². The van der Waals surface area contributed by atoms with Gasteiger partial charge in [0.05, 0.1) is 39.9 Å². The number of rotatable bonds is 63. The van der Waals surface area contributed by atoms with Crippen LogP contribution in [0.25, 0.3) is 0 Å². The van der Waals surface area contributed by atoms with Crippen LogP contribution in [-0.4, -0.2) is 73.4 Å². The van der Waals surface area contributed by atoms with Gasteiger partial charge in [0.2, 0.25) is 5.91 Å². The minimum absolute atomic E-state index is 0.0500. The number of nitrogens with zero attached hydrogens (tertiary/aromatic N) is 1. The molecule has 3 N–H and O–H groups in total. The van der Waals surface area contributed by atoms with E-state index in [1.807, 2.05) is 27.2 Å².